The van der Waals surface area contributed by atoms with Crippen molar-refractivity contribution >= 4 is 26.8 Å². The minimum atomic E-state index is 0.437. The summed E-state index contributed by atoms with van der Waals surface area (Å²) in [5, 5.41) is 1.19. The van der Waals surface area contributed by atoms with E-state index in [-0.39, 0.29) is 0 Å². The molecule has 0 N–H and O–H groups in total. The molecule has 106 valence electrons. The Morgan fingerprint density at radius 3 is 2.75 bits per heavy atom. The number of aromatic nitrogens is 1. The molecule has 0 aliphatic carbocycles. The molecule has 0 spiro atoms. The lowest BCUT2D eigenvalue weighted by molar-refractivity contribution is 0.0385. The van der Waals surface area contributed by atoms with E-state index in [0.29, 0.717) is 6.10 Å². The molecule has 2 aromatic rings. The highest BCUT2D eigenvalue weighted by Gasteiger charge is 2.18. The van der Waals surface area contributed by atoms with Gasteiger partial charge in [-0.25, -0.2) is 0 Å². The molecule has 0 saturated carbocycles. The predicted octanol–water partition coefficient (Wildman–Crippen LogP) is 3.61. The first-order valence-electron chi connectivity index (χ1n) is 7.05. The zero-order valence-electron chi connectivity index (χ0n) is 11.7. The Labute approximate surface area is 128 Å². The van der Waals surface area contributed by atoms with E-state index in [9.17, 15) is 0 Å². The minimum Gasteiger partial charge on any atom is -0.381 e. The highest BCUT2D eigenvalue weighted by Crippen LogP contribution is 2.20. The molecular weight excluding hydrogens is 316 g/mol. The van der Waals surface area contributed by atoms with Crippen LogP contribution in [0, 0.1) is 0 Å². The fourth-order valence-electron chi connectivity index (χ4n) is 2.75. The van der Waals surface area contributed by atoms with E-state index >= 15 is 0 Å². The van der Waals surface area contributed by atoms with Crippen molar-refractivity contribution in [3.8, 4) is 0 Å². The first-order chi connectivity index (χ1) is 9.74. The van der Waals surface area contributed by atoms with Gasteiger partial charge < -0.3 is 4.74 Å². The summed E-state index contributed by atoms with van der Waals surface area (Å²) in [7, 11) is 1.81. The summed E-state index contributed by atoms with van der Waals surface area (Å²) in [6.45, 7) is 3.12. The summed E-state index contributed by atoms with van der Waals surface area (Å²) >= 11 is 3.51. The third-order valence-corrected chi connectivity index (χ3v) is 4.46. The van der Waals surface area contributed by atoms with Gasteiger partial charge in [-0.3, -0.25) is 9.88 Å². The van der Waals surface area contributed by atoms with Crippen molar-refractivity contribution in [1.29, 1.82) is 0 Å². The van der Waals surface area contributed by atoms with Crippen molar-refractivity contribution in [3.05, 3.63) is 40.5 Å². The van der Waals surface area contributed by atoms with Crippen LogP contribution in [0.5, 0.6) is 0 Å². The second-order valence-corrected chi connectivity index (χ2v) is 6.27. The standard InChI is InChI=1S/C16H19BrN2O/c1-20-15-6-8-19(9-7-15)11-14-5-3-12-2-4-13(17)10-16(12)18-14/h2-5,10,15H,6-9,11H2,1H3. The molecule has 1 aromatic heterocycles. The average Bonchev–Trinajstić information content (AvgIpc) is 2.47. The molecule has 1 saturated heterocycles. The molecule has 0 atom stereocenters. The number of benzene rings is 1. The zero-order valence-corrected chi connectivity index (χ0v) is 13.3. The number of ether oxygens (including phenoxy) is 1. The van der Waals surface area contributed by atoms with Crippen molar-refractivity contribution in [2.24, 2.45) is 0 Å². The average molecular weight is 335 g/mol. The lowest BCUT2D eigenvalue weighted by Crippen LogP contribution is -2.36. The third kappa shape index (κ3) is 3.19. The Morgan fingerprint density at radius 2 is 2.00 bits per heavy atom. The van der Waals surface area contributed by atoms with Crippen molar-refractivity contribution in [2.45, 2.75) is 25.5 Å². The third-order valence-electron chi connectivity index (χ3n) is 3.97. The van der Waals surface area contributed by atoms with Crippen molar-refractivity contribution in [3.63, 3.8) is 0 Å². The first kappa shape index (κ1) is 14.0. The van der Waals surface area contributed by atoms with E-state index in [2.05, 4.69) is 51.2 Å². The Bertz CT molecular complexity index is 594. The van der Waals surface area contributed by atoms with Crippen molar-refractivity contribution < 1.29 is 4.74 Å². The lowest BCUT2D eigenvalue weighted by Gasteiger charge is -2.30. The van der Waals surface area contributed by atoms with E-state index in [4.69, 9.17) is 9.72 Å². The van der Waals surface area contributed by atoms with Crippen LogP contribution in [0.4, 0.5) is 0 Å². The number of likely N-dealkylation sites (tertiary alicyclic amines) is 1. The van der Waals surface area contributed by atoms with Crippen LogP contribution in [0.15, 0.2) is 34.8 Å². The van der Waals surface area contributed by atoms with Gasteiger partial charge in [0.15, 0.2) is 0 Å². The molecule has 4 heteroatoms. The Balaban J connectivity index is 1.71. The van der Waals surface area contributed by atoms with Gasteiger partial charge in [-0.1, -0.05) is 28.1 Å². The number of nitrogens with zero attached hydrogens (tertiary/aromatic N) is 2. The molecule has 0 amide bonds. The van der Waals surface area contributed by atoms with E-state index in [1.165, 1.54) is 5.39 Å². The smallest absolute Gasteiger partial charge is 0.0717 e. The number of hydrogen-bond acceptors (Lipinski definition) is 3. The summed E-state index contributed by atoms with van der Waals surface area (Å²) in [6.07, 6.45) is 2.68. The van der Waals surface area contributed by atoms with E-state index in [1.54, 1.807) is 0 Å². The van der Waals surface area contributed by atoms with Crippen LogP contribution in [0.1, 0.15) is 18.5 Å². The van der Waals surface area contributed by atoms with Gasteiger partial charge in [0, 0.05) is 36.6 Å². The molecule has 1 aliphatic heterocycles. The summed E-state index contributed by atoms with van der Waals surface area (Å²) in [5.41, 5.74) is 2.20. The maximum absolute atomic E-state index is 5.41. The largest absolute Gasteiger partial charge is 0.381 e. The van der Waals surface area contributed by atoms with Crippen LogP contribution in [0.2, 0.25) is 0 Å². The number of halogens is 1. The molecule has 0 radical (unpaired) electrons. The SMILES string of the molecule is COC1CCN(Cc2ccc3ccc(Br)cc3n2)CC1. The Hall–Kier alpha value is -0.970. The second-order valence-electron chi connectivity index (χ2n) is 5.35. The minimum absolute atomic E-state index is 0.437. The number of rotatable bonds is 3. The van der Waals surface area contributed by atoms with Crippen LogP contribution in [0.25, 0.3) is 10.9 Å². The Morgan fingerprint density at radius 1 is 1.25 bits per heavy atom. The molecule has 3 nitrogen and oxygen atoms in total. The number of piperidine rings is 1. The van der Waals surface area contributed by atoms with Gasteiger partial charge in [0.25, 0.3) is 0 Å². The van der Waals surface area contributed by atoms with Gasteiger partial charge in [-0.15, -0.1) is 0 Å². The predicted molar refractivity (Wildman–Crippen MR) is 84.8 cm³/mol. The maximum atomic E-state index is 5.41. The molecule has 0 bridgehead atoms. The van der Waals surface area contributed by atoms with Crippen LogP contribution in [-0.4, -0.2) is 36.2 Å². The molecule has 3 rings (SSSR count). The fourth-order valence-corrected chi connectivity index (χ4v) is 3.10. The topological polar surface area (TPSA) is 25.4 Å². The summed E-state index contributed by atoms with van der Waals surface area (Å²) in [4.78, 5) is 7.23. The van der Waals surface area contributed by atoms with Crippen molar-refractivity contribution in [1.82, 2.24) is 9.88 Å². The first-order valence-corrected chi connectivity index (χ1v) is 7.84. The number of hydrogen-bond donors (Lipinski definition) is 0. The summed E-state index contributed by atoms with van der Waals surface area (Å²) < 4.78 is 6.49. The molecule has 20 heavy (non-hydrogen) atoms. The van der Waals surface area contributed by atoms with Crippen LogP contribution < -0.4 is 0 Å². The second kappa shape index (κ2) is 6.20. The number of pyridine rings is 1. The zero-order chi connectivity index (χ0) is 13.9. The highest BCUT2D eigenvalue weighted by molar-refractivity contribution is 9.10. The van der Waals surface area contributed by atoms with Crippen LogP contribution in [0.3, 0.4) is 0 Å². The summed E-state index contributed by atoms with van der Waals surface area (Å²) in [6, 6.07) is 10.5. The number of fused-ring (bicyclic) bond motifs is 1. The lowest BCUT2D eigenvalue weighted by atomic mass is 10.1. The van der Waals surface area contributed by atoms with Crippen molar-refractivity contribution in [2.75, 3.05) is 20.2 Å². The molecule has 1 aliphatic rings. The van der Waals surface area contributed by atoms with E-state index in [1.807, 2.05) is 7.11 Å². The molecular formula is C16H19BrN2O. The highest BCUT2D eigenvalue weighted by atomic mass is 79.9. The van der Waals surface area contributed by atoms with Crippen LogP contribution >= 0.6 is 15.9 Å². The fraction of sp³-hybridized carbons (Fsp3) is 0.438. The van der Waals surface area contributed by atoms with Gasteiger partial charge >= 0.3 is 0 Å². The maximum Gasteiger partial charge on any atom is 0.0717 e. The van der Waals surface area contributed by atoms with Gasteiger partial charge in [-0.2, -0.15) is 0 Å². The van der Waals surface area contributed by atoms with Gasteiger partial charge in [0.1, 0.15) is 0 Å². The molecule has 1 fully saturated rings. The van der Waals surface area contributed by atoms with Crippen LogP contribution in [-0.2, 0) is 11.3 Å². The Kier molecular flexibility index (Phi) is 4.34. The van der Waals surface area contributed by atoms with Gasteiger partial charge in [0.05, 0.1) is 17.3 Å². The van der Waals surface area contributed by atoms with E-state index in [0.717, 1.165) is 48.2 Å². The van der Waals surface area contributed by atoms with E-state index < -0.39 is 0 Å². The quantitative estimate of drug-likeness (QED) is 0.857. The normalized spacial score (nSPS) is 17.7. The van der Waals surface area contributed by atoms with Gasteiger partial charge in [-0.05, 0) is 31.0 Å². The molecule has 0 unspecified atom stereocenters. The summed E-state index contributed by atoms with van der Waals surface area (Å²) in [5.74, 6) is 0. The molecule has 2 heterocycles. The van der Waals surface area contributed by atoms with Gasteiger partial charge in [0.2, 0.25) is 0 Å². The monoisotopic (exact) mass is 334 g/mol. The number of methoxy groups -OCH3 is 1. The molecule has 1 aromatic carbocycles.